The van der Waals surface area contributed by atoms with E-state index >= 15 is 0 Å². The van der Waals surface area contributed by atoms with Gasteiger partial charge in [0.2, 0.25) is 15.9 Å². The molecule has 1 saturated heterocycles. The van der Waals surface area contributed by atoms with Gasteiger partial charge in [-0.15, -0.1) is 11.3 Å². The third-order valence-corrected chi connectivity index (χ3v) is 7.39. The highest BCUT2D eigenvalue weighted by atomic mass is 32.2. The first-order valence-corrected chi connectivity index (χ1v) is 11.5. The summed E-state index contributed by atoms with van der Waals surface area (Å²) in [6.45, 7) is 1.60. The van der Waals surface area contributed by atoms with E-state index in [1.165, 1.54) is 11.3 Å². The van der Waals surface area contributed by atoms with Crippen LogP contribution in [-0.4, -0.2) is 46.3 Å². The van der Waals surface area contributed by atoms with Crippen LogP contribution < -0.4 is 5.32 Å². The summed E-state index contributed by atoms with van der Waals surface area (Å²) >= 11 is 1.37. The van der Waals surface area contributed by atoms with Crippen molar-refractivity contribution in [2.45, 2.75) is 37.1 Å². The molecule has 0 spiro atoms. The monoisotopic (exact) mass is 419 g/mol. The molecule has 2 aromatic heterocycles. The summed E-state index contributed by atoms with van der Waals surface area (Å²) in [6.07, 6.45) is 6.43. The number of imidazole rings is 1. The topological polar surface area (TPSA) is 97.2 Å². The molecule has 0 aliphatic carbocycles. The highest BCUT2D eigenvalue weighted by Crippen LogP contribution is 2.24. The predicted octanol–water partition coefficient (Wildman–Crippen LogP) is 2.70. The number of fused-ring (bicyclic) bond motifs is 1. The van der Waals surface area contributed by atoms with Gasteiger partial charge in [-0.05, 0) is 31.0 Å². The maximum atomic E-state index is 12.8. The fourth-order valence-corrected chi connectivity index (χ4v) is 5.41. The summed E-state index contributed by atoms with van der Waals surface area (Å²) in [5, 5.41) is 5.12. The van der Waals surface area contributed by atoms with Gasteiger partial charge in [0.05, 0.1) is 22.3 Å². The van der Waals surface area contributed by atoms with Crippen LogP contribution in [0, 0.1) is 0 Å². The van der Waals surface area contributed by atoms with E-state index in [9.17, 15) is 13.2 Å². The molecule has 4 rings (SSSR count). The van der Waals surface area contributed by atoms with Gasteiger partial charge >= 0.3 is 0 Å². The standard InChI is InChI=1S/C18H21N5O3S2/c24-17(21-18-19-7-11-27-18)6-10-22-13-20-15-12-14(4-5-16(15)22)28(25,26)23-8-2-1-3-9-23/h4-5,7,11-13H,1-3,6,8-10H2,(H,19,21,24). The third-order valence-electron chi connectivity index (χ3n) is 4.80. The molecule has 1 aromatic carbocycles. The van der Waals surface area contributed by atoms with Gasteiger partial charge in [-0.3, -0.25) is 4.79 Å². The second kappa shape index (κ2) is 7.98. The van der Waals surface area contributed by atoms with E-state index in [-0.39, 0.29) is 17.2 Å². The molecule has 0 saturated carbocycles. The van der Waals surface area contributed by atoms with Crippen LogP contribution in [0.5, 0.6) is 0 Å². The van der Waals surface area contributed by atoms with Crippen molar-refractivity contribution in [3.8, 4) is 0 Å². The number of carbonyl (C=O) groups is 1. The number of thiazole rings is 1. The average Bonchev–Trinajstić information content (AvgIpc) is 3.36. The summed E-state index contributed by atoms with van der Waals surface area (Å²) < 4.78 is 29.1. The summed E-state index contributed by atoms with van der Waals surface area (Å²) in [7, 11) is -3.48. The fraction of sp³-hybridized carbons (Fsp3) is 0.389. The lowest BCUT2D eigenvalue weighted by Gasteiger charge is -2.25. The lowest BCUT2D eigenvalue weighted by molar-refractivity contribution is -0.116. The Hall–Kier alpha value is -2.30. The first-order valence-electron chi connectivity index (χ1n) is 9.18. The first kappa shape index (κ1) is 19.0. The molecule has 1 N–H and O–H groups in total. The molecule has 0 atom stereocenters. The number of anilines is 1. The van der Waals surface area contributed by atoms with E-state index < -0.39 is 10.0 Å². The summed E-state index contributed by atoms with van der Waals surface area (Å²) in [6, 6.07) is 5.00. The van der Waals surface area contributed by atoms with E-state index in [1.807, 2.05) is 4.57 Å². The van der Waals surface area contributed by atoms with E-state index in [2.05, 4.69) is 15.3 Å². The molecule has 8 nitrogen and oxygen atoms in total. The zero-order valence-corrected chi connectivity index (χ0v) is 16.9. The minimum absolute atomic E-state index is 0.124. The summed E-state index contributed by atoms with van der Waals surface area (Å²) in [5.74, 6) is -0.124. The summed E-state index contributed by atoms with van der Waals surface area (Å²) in [5.41, 5.74) is 1.41. The Balaban J connectivity index is 1.47. The lowest BCUT2D eigenvalue weighted by Crippen LogP contribution is -2.35. The van der Waals surface area contributed by atoms with Gasteiger partial charge in [-0.25, -0.2) is 18.4 Å². The van der Waals surface area contributed by atoms with Crippen LogP contribution in [0.2, 0.25) is 0 Å². The number of piperidine rings is 1. The molecule has 3 aromatic rings. The van der Waals surface area contributed by atoms with Gasteiger partial charge in [0.1, 0.15) is 0 Å². The van der Waals surface area contributed by atoms with Gasteiger partial charge in [0.15, 0.2) is 5.13 Å². The van der Waals surface area contributed by atoms with Crippen molar-refractivity contribution in [2.24, 2.45) is 0 Å². The minimum Gasteiger partial charge on any atom is -0.330 e. The molecule has 28 heavy (non-hydrogen) atoms. The number of sulfonamides is 1. The van der Waals surface area contributed by atoms with Crippen molar-refractivity contribution >= 4 is 43.4 Å². The number of aryl methyl sites for hydroxylation is 1. The van der Waals surface area contributed by atoms with Crippen LogP contribution in [-0.2, 0) is 21.4 Å². The highest BCUT2D eigenvalue weighted by molar-refractivity contribution is 7.89. The number of amides is 1. The van der Waals surface area contributed by atoms with Crippen LogP contribution >= 0.6 is 11.3 Å². The van der Waals surface area contributed by atoms with Crippen molar-refractivity contribution < 1.29 is 13.2 Å². The molecule has 0 radical (unpaired) electrons. The summed E-state index contributed by atoms with van der Waals surface area (Å²) in [4.78, 5) is 20.7. The molecule has 1 aliphatic heterocycles. The minimum atomic E-state index is -3.48. The number of hydrogen-bond donors (Lipinski definition) is 1. The maximum absolute atomic E-state index is 12.8. The fourth-order valence-electron chi connectivity index (χ4n) is 3.33. The van der Waals surface area contributed by atoms with Crippen LogP contribution in [0.25, 0.3) is 11.0 Å². The van der Waals surface area contributed by atoms with E-state index in [4.69, 9.17) is 0 Å². The lowest BCUT2D eigenvalue weighted by atomic mass is 10.2. The number of nitrogens with one attached hydrogen (secondary N) is 1. The normalized spacial score (nSPS) is 15.7. The molecule has 10 heteroatoms. The molecule has 3 heterocycles. The van der Waals surface area contributed by atoms with E-state index in [1.54, 1.807) is 40.4 Å². The second-order valence-corrected chi connectivity index (χ2v) is 9.52. The van der Waals surface area contributed by atoms with Gasteiger partial charge in [0.25, 0.3) is 0 Å². The van der Waals surface area contributed by atoms with E-state index in [0.29, 0.717) is 30.3 Å². The first-order chi connectivity index (χ1) is 13.5. The van der Waals surface area contributed by atoms with Gasteiger partial charge in [-0.2, -0.15) is 4.31 Å². The third kappa shape index (κ3) is 3.94. The second-order valence-electron chi connectivity index (χ2n) is 6.69. The largest absolute Gasteiger partial charge is 0.330 e. The zero-order chi connectivity index (χ0) is 19.6. The van der Waals surface area contributed by atoms with Crippen LogP contribution in [0.1, 0.15) is 25.7 Å². The Morgan fingerprint density at radius 3 is 2.75 bits per heavy atom. The van der Waals surface area contributed by atoms with Crippen molar-refractivity contribution in [3.05, 3.63) is 36.1 Å². The molecular weight excluding hydrogens is 398 g/mol. The van der Waals surface area contributed by atoms with Crippen molar-refractivity contribution in [1.29, 1.82) is 0 Å². The van der Waals surface area contributed by atoms with E-state index in [0.717, 1.165) is 24.8 Å². The Morgan fingerprint density at radius 1 is 1.18 bits per heavy atom. The molecule has 1 amide bonds. The Bertz CT molecular complexity index is 1070. The van der Waals surface area contributed by atoms with Crippen molar-refractivity contribution in [2.75, 3.05) is 18.4 Å². The van der Waals surface area contributed by atoms with Crippen molar-refractivity contribution in [1.82, 2.24) is 18.8 Å². The Morgan fingerprint density at radius 2 is 2.00 bits per heavy atom. The zero-order valence-electron chi connectivity index (χ0n) is 15.2. The van der Waals surface area contributed by atoms with Crippen molar-refractivity contribution in [3.63, 3.8) is 0 Å². The van der Waals surface area contributed by atoms with Gasteiger partial charge in [0, 0.05) is 37.6 Å². The van der Waals surface area contributed by atoms with Crippen LogP contribution in [0.15, 0.2) is 41.0 Å². The number of carbonyl (C=O) groups excluding carboxylic acids is 1. The Kier molecular flexibility index (Phi) is 5.42. The Labute approximate surface area is 167 Å². The molecule has 1 aliphatic rings. The molecule has 1 fully saturated rings. The van der Waals surface area contributed by atoms with Crippen LogP contribution in [0.3, 0.4) is 0 Å². The number of hydrogen-bond acceptors (Lipinski definition) is 6. The molecule has 0 unspecified atom stereocenters. The van der Waals surface area contributed by atoms with Crippen LogP contribution in [0.4, 0.5) is 5.13 Å². The van der Waals surface area contributed by atoms with Gasteiger partial charge < -0.3 is 9.88 Å². The molecule has 148 valence electrons. The number of benzene rings is 1. The number of aromatic nitrogens is 3. The highest BCUT2D eigenvalue weighted by Gasteiger charge is 2.26. The SMILES string of the molecule is O=C(CCn1cnc2cc(S(=O)(=O)N3CCCCC3)ccc21)Nc1nccs1. The van der Waals surface area contributed by atoms with Gasteiger partial charge in [-0.1, -0.05) is 6.42 Å². The molecular formula is C18H21N5O3S2. The number of rotatable bonds is 6. The number of nitrogens with zero attached hydrogens (tertiary/aromatic N) is 4. The predicted molar refractivity (Wildman–Crippen MR) is 108 cm³/mol. The average molecular weight is 420 g/mol. The quantitative estimate of drug-likeness (QED) is 0.663. The smallest absolute Gasteiger partial charge is 0.243 e. The maximum Gasteiger partial charge on any atom is 0.243 e. The molecule has 0 bridgehead atoms.